The van der Waals surface area contributed by atoms with Crippen LogP contribution in [0.4, 0.5) is 5.69 Å². The van der Waals surface area contributed by atoms with Crippen molar-refractivity contribution in [3.8, 4) is 0 Å². The first-order chi connectivity index (χ1) is 14.1. The molecule has 30 heavy (non-hydrogen) atoms. The maximum Gasteiger partial charge on any atom is 0.307 e. The molecule has 0 spiro atoms. The summed E-state index contributed by atoms with van der Waals surface area (Å²) in [5.41, 5.74) is 1.53. The summed E-state index contributed by atoms with van der Waals surface area (Å²) in [6, 6.07) is 6.95. The maximum atomic E-state index is 13.4. The zero-order chi connectivity index (χ0) is 21.6. The monoisotopic (exact) mass is 412 g/mol. The highest BCUT2D eigenvalue weighted by Gasteiger charge is 2.62. The van der Waals surface area contributed by atoms with E-state index in [1.54, 1.807) is 24.3 Å². The van der Waals surface area contributed by atoms with E-state index >= 15 is 0 Å². The van der Waals surface area contributed by atoms with Crippen molar-refractivity contribution in [1.82, 2.24) is 5.32 Å². The van der Waals surface area contributed by atoms with E-state index in [9.17, 15) is 14.4 Å². The number of carbonyl (C=O) groups excluding carboxylic acids is 3. The molecule has 6 nitrogen and oxygen atoms in total. The van der Waals surface area contributed by atoms with Crippen molar-refractivity contribution in [3.05, 3.63) is 29.8 Å². The number of ether oxygens (including phenoxy) is 1. The molecule has 4 bridgehead atoms. The summed E-state index contributed by atoms with van der Waals surface area (Å²) in [5, 5.41) is 5.83. The molecule has 6 heteroatoms. The molecule has 2 N–H and O–H groups in total. The van der Waals surface area contributed by atoms with Gasteiger partial charge < -0.3 is 15.4 Å². The van der Waals surface area contributed by atoms with Crippen LogP contribution in [0.2, 0.25) is 0 Å². The summed E-state index contributed by atoms with van der Waals surface area (Å²) < 4.78 is 4.56. The molecule has 0 saturated heterocycles. The molecule has 2 unspecified atom stereocenters. The first-order valence-corrected chi connectivity index (χ1v) is 10.9. The molecular weight excluding hydrogens is 380 g/mol. The molecule has 0 aliphatic heterocycles. The third-order valence-corrected chi connectivity index (χ3v) is 7.36. The molecule has 4 fully saturated rings. The number of methoxy groups -OCH3 is 1. The zero-order valence-electron chi connectivity index (χ0n) is 18.2. The Balaban J connectivity index is 1.39. The summed E-state index contributed by atoms with van der Waals surface area (Å²) in [6.45, 7) is 4.96. The van der Waals surface area contributed by atoms with Crippen molar-refractivity contribution in [3.63, 3.8) is 0 Å². The lowest BCUT2D eigenvalue weighted by Gasteiger charge is -2.64. The van der Waals surface area contributed by atoms with E-state index < -0.39 is 0 Å². The Morgan fingerprint density at radius 2 is 1.63 bits per heavy atom. The highest BCUT2D eigenvalue weighted by molar-refractivity contribution is 5.97. The van der Waals surface area contributed by atoms with Crippen LogP contribution in [-0.2, 0) is 14.3 Å². The highest BCUT2D eigenvalue weighted by Crippen LogP contribution is 2.69. The van der Waals surface area contributed by atoms with Gasteiger partial charge in [-0.3, -0.25) is 14.4 Å². The summed E-state index contributed by atoms with van der Waals surface area (Å²) in [7, 11) is 1.32. The fraction of sp³-hybridized carbons (Fsp3) is 0.625. The Labute approximate surface area is 178 Å². The Morgan fingerprint density at radius 1 is 1.00 bits per heavy atom. The number of nitrogens with one attached hydrogen (secondary N) is 2. The van der Waals surface area contributed by atoms with E-state index in [1.807, 2.05) is 0 Å². The fourth-order valence-electron chi connectivity index (χ4n) is 7.15. The number of hydrogen-bond donors (Lipinski definition) is 2. The van der Waals surface area contributed by atoms with Crippen molar-refractivity contribution in [1.29, 1.82) is 0 Å². The van der Waals surface area contributed by atoms with Crippen molar-refractivity contribution >= 4 is 23.5 Å². The van der Waals surface area contributed by atoms with Gasteiger partial charge in [0, 0.05) is 17.8 Å². The van der Waals surface area contributed by atoms with Gasteiger partial charge in [-0.1, -0.05) is 13.8 Å². The quantitative estimate of drug-likeness (QED) is 0.694. The molecule has 0 heterocycles. The van der Waals surface area contributed by atoms with Gasteiger partial charge in [-0.25, -0.2) is 0 Å². The van der Waals surface area contributed by atoms with Gasteiger partial charge in [0.2, 0.25) is 5.91 Å². The van der Waals surface area contributed by atoms with Gasteiger partial charge in [0.15, 0.2) is 0 Å². The van der Waals surface area contributed by atoms with Crippen LogP contribution in [0.25, 0.3) is 0 Å². The lowest BCUT2D eigenvalue weighted by atomic mass is 9.40. The minimum Gasteiger partial charge on any atom is -0.469 e. The Hall–Kier alpha value is -2.37. The van der Waals surface area contributed by atoms with E-state index in [0.29, 0.717) is 11.5 Å². The summed E-state index contributed by atoms with van der Waals surface area (Å²) in [6.07, 6.45) is 6.87. The minimum atomic E-state index is -0.360. The lowest BCUT2D eigenvalue weighted by Crippen LogP contribution is -2.58. The van der Waals surface area contributed by atoms with Crippen LogP contribution in [0.1, 0.15) is 69.2 Å². The number of anilines is 1. The normalized spacial score (nSPS) is 33.8. The van der Waals surface area contributed by atoms with E-state index in [4.69, 9.17) is 0 Å². The fourth-order valence-corrected chi connectivity index (χ4v) is 7.15. The second kappa shape index (κ2) is 7.40. The SMILES string of the molecule is COC(=O)CCNC(=O)c1ccc(NC(=O)C23CC4CC(C)(CC(C)(C4)C2)C3)cc1. The molecule has 162 valence electrons. The van der Waals surface area contributed by atoms with Gasteiger partial charge in [0.25, 0.3) is 5.91 Å². The molecule has 5 rings (SSSR count). The maximum absolute atomic E-state index is 13.4. The first-order valence-electron chi connectivity index (χ1n) is 10.9. The van der Waals surface area contributed by atoms with Crippen molar-refractivity contribution < 1.29 is 19.1 Å². The van der Waals surface area contributed by atoms with Crippen LogP contribution in [0.5, 0.6) is 0 Å². The van der Waals surface area contributed by atoms with Crippen LogP contribution >= 0.6 is 0 Å². The van der Waals surface area contributed by atoms with Gasteiger partial charge in [-0.2, -0.15) is 0 Å². The number of rotatable bonds is 6. The Morgan fingerprint density at radius 3 is 2.20 bits per heavy atom. The standard InChI is InChI=1S/C24H32N2O4/c1-22-10-16-11-23(2,13-22)15-24(12-16,14-22)21(29)26-18-6-4-17(5-7-18)20(28)25-9-8-19(27)30-3/h4-7,16H,8-15H2,1-3H3,(H,25,28)(H,26,29). The van der Waals surface area contributed by atoms with Crippen LogP contribution in [-0.4, -0.2) is 31.4 Å². The first kappa shape index (κ1) is 20.9. The Bertz CT molecular complexity index is 844. The number of benzene rings is 1. The van der Waals surface area contributed by atoms with Crippen molar-refractivity contribution in [2.24, 2.45) is 22.2 Å². The third-order valence-electron chi connectivity index (χ3n) is 7.36. The molecule has 2 atom stereocenters. The van der Waals surface area contributed by atoms with Crippen LogP contribution < -0.4 is 10.6 Å². The van der Waals surface area contributed by atoms with Crippen molar-refractivity contribution in [2.75, 3.05) is 19.0 Å². The largest absolute Gasteiger partial charge is 0.469 e. The number of carbonyl (C=O) groups is 3. The predicted molar refractivity (Wildman–Crippen MR) is 114 cm³/mol. The topological polar surface area (TPSA) is 84.5 Å². The molecule has 4 aliphatic carbocycles. The average Bonchev–Trinajstić information content (AvgIpc) is 2.65. The molecule has 4 saturated carbocycles. The molecule has 2 amide bonds. The lowest BCUT2D eigenvalue weighted by molar-refractivity contribution is -0.165. The van der Waals surface area contributed by atoms with E-state index in [0.717, 1.165) is 24.9 Å². The third kappa shape index (κ3) is 3.96. The molecule has 1 aromatic rings. The van der Waals surface area contributed by atoms with Gasteiger partial charge in [-0.05, 0) is 79.5 Å². The van der Waals surface area contributed by atoms with E-state index in [1.165, 1.54) is 26.4 Å². The van der Waals surface area contributed by atoms with Crippen LogP contribution in [0, 0.1) is 22.2 Å². The summed E-state index contributed by atoms with van der Waals surface area (Å²) >= 11 is 0. The second-order valence-corrected chi connectivity index (χ2v) is 10.5. The van der Waals surface area contributed by atoms with E-state index in [2.05, 4.69) is 29.2 Å². The molecular formula is C24H32N2O4. The molecule has 4 aliphatic rings. The molecule has 0 aromatic heterocycles. The highest BCUT2D eigenvalue weighted by atomic mass is 16.5. The van der Waals surface area contributed by atoms with Crippen LogP contribution in [0.3, 0.4) is 0 Å². The minimum absolute atomic E-state index is 0.136. The van der Waals surface area contributed by atoms with Crippen molar-refractivity contribution in [2.45, 2.75) is 58.8 Å². The predicted octanol–water partition coefficient (Wildman–Crippen LogP) is 3.91. The average molecular weight is 413 g/mol. The summed E-state index contributed by atoms with van der Waals surface area (Å²) in [4.78, 5) is 36.7. The van der Waals surface area contributed by atoms with E-state index in [-0.39, 0.29) is 47.0 Å². The van der Waals surface area contributed by atoms with Gasteiger partial charge in [0.1, 0.15) is 0 Å². The second-order valence-electron chi connectivity index (χ2n) is 10.5. The van der Waals surface area contributed by atoms with Gasteiger partial charge >= 0.3 is 5.97 Å². The zero-order valence-corrected chi connectivity index (χ0v) is 18.2. The van der Waals surface area contributed by atoms with Crippen LogP contribution in [0.15, 0.2) is 24.3 Å². The van der Waals surface area contributed by atoms with Gasteiger partial charge in [0.05, 0.1) is 18.9 Å². The van der Waals surface area contributed by atoms with Gasteiger partial charge in [-0.15, -0.1) is 0 Å². The smallest absolute Gasteiger partial charge is 0.307 e. The number of hydrogen-bond acceptors (Lipinski definition) is 4. The Kier molecular flexibility index (Phi) is 5.15. The summed E-state index contributed by atoms with van der Waals surface area (Å²) in [5.74, 6) is 0.192. The molecule has 0 radical (unpaired) electrons. The number of esters is 1. The molecule has 1 aromatic carbocycles. The number of amides is 2.